The first-order chi connectivity index (χ1) is 15.3. The van der Waals surface area contributed by atoms with Crippen molar-refractivity contribution >= 4 is 39.3 Å². The summed E-state index contributed by atoms with van der Waals surface area (Å²) in [5.41, 5.74) is 8.11. The van der Waals surface area contributed by atoms with Gasteiger partial charge in [-0.25, -0.2) is 0 Å². The number of halogens is 1. The Hall–Kier alpha value is -3.65. The maximum Gasteiger partial charge on any atom is 0.276 e. The third kappa shape index (κ3) is 6.42. The van der Waals surface area contributed by atoms with E-state index < -0.39 is 11.8 Å². The largest absolute Gasteiger partial charge is 0.483 e. The van der Waals surface area contributed by atoms with Crippen molar-refractivity contribution in [1.82, 2.24) is 10.9 Å². The summed E-state index contributed by atoms with van der Waals surface area (Å²) in [6, 6.07) is 19.1. The van der Waals surface area contributed by atoms with Crippen LogP contribution in [0.1, 0.15) is 31.8 Å². The molecule has 164 valence electrons. The van der Waals surface area contributed by atoms with Crippen molar-refractivity contribution in [3.63, 3.8) is 0 Å². The van der Waals surface area contributed by atoms with Gasteiger partial charge in [-0.2, -0.15) is 0 Å². The molecule has 3 aromatic rings. The predicted octanol–water partition coefficient (Wildman–Crippen LogP) is 4.16. The van der Waals surface area contributed by atoms with Crippen LogP contribution in [0.2, 0.25) is 0 Å². The molecule has 7 nitrogen and oxygen atoms in total. The lowest BCUT2D eigenvalue weighted by Gasteiger charge is -2.11. The summed E-state index contributed by atoms with van der Waals surface area (Å²) >= 11 is 3.37. The fourth-order valence-corrected chi connectivity index (χ4v) is 3.40. The van der Waals surface area contributed by atoms with Crippen LogP contribution in [0.25, 0.3) is 0 Å². The van der Waals surface area contributed by atoms with Gasteiger partial charge in [-0.3, -0.25) is 25.2 Å². The van der Waals surface area contributed by atoms with Gasteiger partial charge < -0.3 is 10.1 Å². The van der Waals surface area contributed by atoms with E-state index in [-0.39, 0.29) is 12.5 Å². The zero-order valence-electron chi connectivity index (χ0n) is 17.6. The molecule has 0 aliphatic heterocycles. The summed E-state index contributed by atoms with van der Waals surface area (Å²) in [7, 11) is 0. The second-order valence-corrected chi connectivity index (χ2v) is 7.98. The topological polar surface area (TPSA) is 96.5 Å². The van der Waals surface area contributed by atoms with Gasteiger partial charge in [0, 0.05) is 16.8 Å². The molecule has 0 aliphatic rings. The van der Waals surface area contributed by atoms with E-state index >= 15 is 0 Å². The Kier molecular flexibility index (Phi) is 7.62. The maximum atomic E-state index is 12.3. The summed E-state index contributed by atoms with van der Waals surface area (Å²) in [5, 5.41) is 2.78. The molecule has 0 radical (unpaired) electrons. The van der Waals surface area contributed by atoms with E-state index in [1.165, 1.54) is 0 Å². The van der Waals surface area contributed by atoms with Crippen LogP contribution >= 0.6 is 15.9 Å². The lowest BCUT2D eigenvalue weighted by Crippen LogP contribution is -2.43. The van der Waals surface area contributed by atoms with E-state index in [9.17, 15) is 14.4 Å². The zero-order chi connectivity index (χ0) is 23.1. The molecule has 0 spiro atoms. The van der Waals surface area contributed by atoms with E-state index in [2.05, 4.69) is 32.1 Å². The number of nitrogens with one attached hydrogen (secondary N) is 3. The molecular weight excluding hydrogens is 474 g/mol. The third-order valence-electron chi connectivity index (χ3n) is 4.45. The molecule has 8 heteroatoms. The van der Waals surface area contributed by atoms with Crippen LogP contribution in [0.5, 0.6) is 5.75 Å². The Labute approximate surface area is 194 Å². The van der Waals surface area contributed by atoms with Crippen LogP contribution in [0.15, 0.2) is 71.2 Å². The second kappa shape index (κ2) is 10.6. The fraction of sp³-hybridized carbons (Fsp3) is 0.125. The van der Waals surface area contributed by atoms with E-state index in [0.29, 0.717) is 22.6 Å². The molecule has 0 atom stereocenters. The molecule has 0 bridgehead atoms. The van der Waals surface area contributed by atoms with Gasteiger partial charge in [0.1, 0.15) is 5.75 Å². The summed E-state index contributed by atoms with van der Waals surface area (Å²) in [4.78, 5) is 36.5. The summed E-state index contributed by atoms with van der Waals surface area (Å²) < 4.78 is 6.18. The quantitative estimate of drug-likeness (QED) is 0.447. The van der Waals surface area contributed by atoms with E-state index in [4.69, 9.17) is 4.74 Å². The number of carbonyl (C=O) groups excluding carboxylic acids is 3. The average Bonchev–Trinajstić information content (AvgIpc) is 2.77. The normalized spacial score (nSPS) is 10.2. The number of anilines is 1. The Bertz CT molecular complexity index is 1150. The van der Waals surface area contributed by atoms with Crippen molar-refractivity contribution in [2.75, 3.05) is 11.9 Å². The predicted molar refractivity (Wildman–Crippen MR) is 126 cm³/mol. The first-order valence-electron chi connectivity index (χ1n) is 9.78. The minimum atomic E-state index is -0.507. The van der Waals surface area contributed by atoms with Crippen molar-refractivity contribution in [1.29, 1.82) is 0 Å². The highest BCUT2D eigenvalue weighted by Crippen LogP contribution is 2.25. The lowest BCUT2D eigenvalue weighted by molar-refractivity contribution is -0.123. The zero-order valence-corrected chi connectivity index (χ0v) is 19.2. The third-order valence-corrected chi connectivity index (χ3v) is 5.07. The molecule has 32 heavy (non-hydrogen) atoms. The molecule has 0 aliphatic carbocycles. The number of hydrogen-bond donors (Lipinski definition) is 3. The van der Waals surface area contributed by atoms with Crippen molar-refractivity contribution in [2.24, 2.45) is 0 Å². The van der Waals surface area contributed by atoms with Gasteiger partial charge in [-0.1, -0.05) is 23.8 Å². The highest BCUT2D eigenvalue weighted by Gasteiger charge is 2.10. The highest BCUT2D eigenvalue weighted by molar-refractivity contribution is 9.10. The number of ether oxygens (including phenoxy) is 1. The Balaban J connectivity index is 1.47. The molecule has 0 saturated carbocycles. The Morgan fingerprint density at radius 2 is 1.53 bits per heavy atom. The van der Waals surface area contributed by atoms with Gasteiger partial charge in [-0.15, -0.1) is 0 Å². The first kappa shape index (κ1) is 23.0. The molecule has 3 aromatic carbocycles. The van der Waals surface area contributed by atoms with Gasteiger partial charge in [0.15, 0.2) is 6.61 Å². The van der Waals surface area contributed by atoms with E-state index in [0.717, 1.165) is 15.6 Å². The van der Waals surface area contributed by atoms with Crippen LogP contribution in [0.3, 0.4) is 0 Å². The monoisotopic (exact) mass is 495 g/mol. The number of hydrogen-bond acceptors (Lipinski definition) is 4. The summed E-state index contributed by atoms with van der Waals surface area (Å²) in [5.74, 6) is -0.710. The standard InChI is InChI=1S/C24H22BrN3O4/c1-15-4-3-5-18(12-15)23(30)26-19-9-7-17(8-10-19)24(31)28-27-22(29)14-32-21-11-6-16(2)13-20(21)25/h3-13H,14H2,1-2H3,(H,26,30)(H,27,29)(H,28,31). The molecule has 0 unspecified atom stereocenters. The molecule has 3 rings (SSSR count). The van der Waals surface area contributed by atoms with Crippen molar-refractivity contribution in [3.8, 4) is 5.75 Å². The molecular formula is C24H22BrN3O4. The Morgan fingerprint density at radius 3 is 2.22 bits per heavy atom. The SMILES string of the molecule is Cc1cccc(C(=O)Nc2ccc(C(=O)NNC(=O)COc3ccc(C)cc3Br)cc2)c1. The van der Waals surface area contributed by atoms with Gasteiger partial charge >= 0.3 is 0 Å². The molecule has 0 aromatic heterocycles. The highest BCUT2D eigenvalue weighted by atomic mass is 79.9. The van der Waals surface area contributed by atoms with E-state index in [1.54, 1.807) is 42.5 Å². The second-order valence-electron chi connectivity index (χ2n) is 7.13. The summed E-state index contributed by atoms with van der Waals surface area (Å²) in [6.45, 7) is 3.60. The van der Waals surface area contributed by atoms with Gasteiger partial charge in [0.05, 0.1) is 4.47 Å². The van der Waals surface area contributed by atoms with Gasteiger partial charge in [0.25, 0.3) is 17.7 Å². The number of benzene rings is 3. The molecule has 0 fully saturated rings. The van der Waals surface area contributed by atoms with Gasteiger partial charge in [-0.05, 0) is 83.9 Å². The smallest absolute Gasteiger partial charge is 0.276 e. The van der Waals surface area contributed by atoms with Crippen LogP contribution in [0.4, 0.5) is 5.69 Å². The number of rotatable bonds is 6. The molecule has 3 N–H and O–H groups in total. The van der Waals surface area contributed by atoms with Crippen molar-refractivity contribution in [2.45, 2.75) is 13.8 Å². The van der Waals surface area contributed by atoms with Gasteiger partial charge in [0.2, 0.25) is 0 Å². The first-order valence-corrected chi connectivity index (χ1v) is 10.6. The van der Waals surface area contributed by atoms with Crippen LogP contribution < -0.4 is 20.9 Å². The maximum absolute atomic E-state index is 12.3. The number of carbonyl (C=O) groups is 3. The Morgan fingerprint density at radius 1 is 0.812 bits per heavy atom. The van der Waals surface area contributed by atoms with E-state index in [1.807, 2.05) is 38.1 Å². The van der Waals surface area contributed by atoms with Crippen molar-refractivity contribution < 1.29 is 19.1 Å². The molecule has 3 amide bonds. The lowest BCUT2D eigenvalue weighted by atomic mass is 10.1. The number of amides is 3. The fourth-order valence-electron chi connectivity index (χ4n) is 2.80. The summed E-state index contributed by atoms with van der Waals surface area (Å²) in [6.07, 6.45) is 0. The van der Waals surface area contributed by atoms with Crippen molar-refractivity contribution in [3.05, 3.63) is 93.5 Å². The number of hydrazine groups is 1. The average molecular weight is 496 g/mol. The van der Waals surface area contributed by atoms with Crippen LogP contribution in [0, 0.1) is 13.8 Å². The number of aryl methyl sites for hydroxylation is 2. The van der Waals surface area contributed by atoms with Crippen LogP contribution in [-0.2, 0) is 4.79 Å². The minimum Gasteiger partial charge on any atom is -0.483 e. The molecule has 0 heterocycles. The van der Waals surface area contributed by atoms with Crippen LogP contribution in [-0.4, -0.2) is 24.3 Å². The molecule has 0 saturated heterocycles. The minimum absolute atomic E-state index is 0.238.